The smallest absolute Gasteiger partial charge is 0.307 e. The van der Waals surface area contributed by atoms with Crippen LogP contribution < -0.4 is 0 Å². The van der Waals surface area contributed by atoms with Crippen LogP contribution in [-0.2, 0) is 38.4 Å². The first kappa shape index (κ1) is 43.2. The molecule has 0 heterocycles. The van der Waals surface area contributed by atoms with Gasteiger partial charge in [0.05, 0.1) is 0 Å². The fourth-order valence-corrected chi connectivity index (χ4v) is 0. The lowest BCUT2D eigenvalue weighted by atomic mass is 10.6. The van der Waals surface area contributed by atoms with Crippen LogP contribution in [0.3, 0.4) is 0 Å². The minimum atomic E-state index is 0. The van der Waals surface area contributed by atoms with Crippen LogP contribution in [0.2, 0.25) is 0 Å². The lowest BCUT2D eigenvalue weighted by Gasteiger charge is -1.56. The Kier molecular flexibility index (Phi) is 204. The zero-order valence-electron chi connectivity index (χ0n) is 11.6. The Hall–Kier alpha value is -2.56. The minimum Gasteiger partial charge on any atom is -0.307 e. The van der Waals surface area contributed by atoms with Crippen molar-refractivity contribution >= 4 is 36.9 Å². The van der Waals surface area contributed by atoms with Crippen LogP contribution in [0.4, 0.5) is 0 Å². The number of ketones is 2. The number of rotatable bonds is 0. The highest BCUT2D eigenvalue weighted by Gasteiger charge is 1.62. The summed E-state index contributed by atoms with van der Waals surface area (Å²) in [4.78, 5) is 68.2. The van der Waals surface area contributed by atoms with Crippen molar-refractivity contribution in [2.75, 3.05) is 0 Å². The van der Waals surface area contributed by atoms with Gasteiger partial charge in [-0.1, -0.05) is 7.43 Å². The second-order valence-electron chi connectivity index (χ2n) is 2.22. The summed E-state index contributed by atoms with van der Waals surface area (Å²) in [6.07, 6.45) is 1.25. The van der Waals surface area contributed by atoms with Crippen molar-refractivity contribution in [1.29, 1.82) is 0 Å². The summed E-state index contributed by atoms with van der Waals surface area (Å²) in [5.41, 5.74) is 0. The van der Waals surface area contributed by atoms with E-state index in [1.165, 1.54) is 34.6 Å². The predicted octanol–water partition coefficient (Wildman–Crippen LogP) is 0.680. The van der Waals surface area contributed by atoms with Crippen molar-refractivity contribution in [2.45, 2.75) is 42.0 Å². The van der Waals surface area contributed by atoms with Crippen LogP contribution >= 0.6 is 0 Å². The van der Waals surface area contributed by atoms with Gasteiger partial charge in [0.25, 0.3) is 0 Å². The molecule has 0 aromatic carbocycles. The van der Waals surface area contributed by atoms with Crippen LogP contribution in [0.1, 0.15) is 42.0 Å². The summed E-state index contributed by atoms with van der Waals surface area (Å²) < 4.78 is 0. The monoisotopic (exact) mass is 294 g/mol. The zero-order chi connectivity index (χ0) is 17.3. The van der Waals surface area contributed by atoms with Gasteiger partial charge in [-0.15, -0.1) is 0 Å². The maximum Gasteiger partial charge on any atom is 0.373 e. The third-order valence-corrected chi connectivity index (χ3v) is 0. The Morgan fingerprint density at radius 2 is 0.800 bits per heavy atom. The van der Waals surface area contributed by atoms with Crippen LogP contribution in [0.15, 0.2) is 0 Å². The topological polar surface area (TPSA) is 137 Å². The van der Waals surface area contributed by atoms with E-state index in [0.29, 0.717) is 0 Å². The minimum absolute atomic E-state index is 0. The van der Waals surface area contributed by atoms with Crippen LogP contribution in [0.5, 0.6) is 0 Å². The summed E-state index contributed by atoms with van der Waals surface area (Å²) in [6, 6.07) is 0. The fraction of sp³-hybridized carbons (Fsp3) is 0.500. The van der Waals surface area contributed by atoms with Gasteiger partial charge in [-0.3, -0.25) is 0 Å². The van der Waals surface area contributed by atoms with Crippen molar-refractivity contribution in [1.82, 2.24) is 0 Å². The molecule has 0 rings (SSSR count). The lowest BCUT2D eigenvalue weighted by molar-refractivity contribution is -0.193. The molecule has 0 fully saturated rings. The molecule has 0 atom stereocenters. The van der Waals surface area contributed by atoms with Gasteiger partial charge >= 0.3 is 12.3 Å². The van der Waals surface area contributed by atoms with Crippen molar-refractivity contribution in [3.8, 4) is 0 Å². The van der Waals surface area contributed by atoms with Crippen LogP contribution in [0.25, 0.3) is 0 Å². The number of carbonyl (C=O) groups is 4. The molecule has 0 spiro atoms. The molecule has 0 bridgehead atoms. The normalized spacial score (nSPS) is 4.25. The van der Waals surface area contributed by atoms with E-state index in [0.717, 1.165) is 6.29 Å². The number of carbonyl (C=O) groups excluding carboxylic acids is 8. The van der Waals surface area contributed by atoms with Crippen LogP contribution in [0, 0.1) is 0 Å². The molecular formula is C12H22O8. The average Bonchev–Trinajstić information content (AvgIpc) is 2.21. The largest absolute Gasteiger partial charge is 0.373 e. The maximum absolute atomic E-state index is 9.44. The van der Waals surface area contributed by atoms with Crippen molar-refractivity contribution in [3.05, 3.63) is 0 Å². The molecule has 0 aromatic heterocycles. The number of hydrogen-bond donors (Lipinski definition) is 0. The van der Waals surface area contributed by atoms with E-state index in [4.69, 9.17) is 28.8 Å². The standard InChI is InChI=1S/2C3H6O.C2H4O.2CO2.CH2O.CH4/c2*1-3(2)4;1-2-3;2*2-1-3;1-2;/h2*1-2H3;2H,1H3;;;1H2;1H4. The fourth-order valence-electron chi connectivity index (χ4n) is 0. The predicted molar refractivity (Wildman–Crippen MR) is 68.3 cm³/mol. The van der Waals surface area contributed by atoms with Gasteiger partial charge in [-0.05, 0) is 34.6 Å². The van der Waals surface area contributed by atoms with Gasteiger partial charge in [0.15, 0.2) is 0 Å². The van der Waals surface area contributed by atoms with Crippen molar-refractivity contribution in [2.24, 2.45) is 0 Å². The summed E-state index contributed by atoms with van der Waals surface area (Å²) in [5, 5.41) is 0. The molecule has 0 saturated carbocycles. The molecule has 0 aromatic rings. The summed E-state index contributed by atoms with van der Waals surface area (Å²) >= 11 is 0. The summed E-state index contributed by atoms with van der Waals surface area (Å²) in [6.45, 7) is 9.56. The lowest BCUT2D eigenvalue weighted by Crippen LogP contribution is -1.69. The molecule has 20 heavy (non-hydrogen) atoms. The van der Waals surface area contributed by atoms with E-state index in [1.54, 1.807) is 0 Å². The first-order valence-corrected chi connectivity index (χ1v) is 4.33. The van der Waals surface area contributed by atoms with E-state index in [1.807, 2.05) is 6.79 Å². The highest BCUT2D eigenvalue weighted by molar-refractivity contribution is 5.72. The zero-order valence-corrected chi connectivity index (χ0v) is 11.6. The van der Waals surface area contributed by atoms with Gasteiger partial charge in [-0.25, -0.2) is 0 Å². The molecule has 0 saturated heterocycles. The average molecular weight is 294 g/mol. The molecule has 0 aliphatic heterocycles. The Morgan fingerprint density at radius 3 is 0.800 bits per heavy atom. The molecule has 8 nitrogen and oxygen atoms in total. The second kappa shape index (κ2) is 94.5. The van der Waals surface area contributed by atoms with Gasteiger partial charge in [0.2, 0.25) is 0 Å². The Balaban J connectivity index is -0.0000000204. The molecule has 0 unspecified atom stereocenters. The SMILES string of the molecule is C.C=O.CC(C)=O.CC(C)=O.CC=O.O=C=O.O=C=O. The van der Waals surface area contributed by atoms with Gasteiger partial charge < -0.3 is 19.2 Å². The van der Waals surface area contributed by atoms with E-state index in [2.05, 4.69) is 0 Å². The quantitative estimate of drug-likeness (QED) is 0.594. The van der Waals surface area contributed by atoms with Gasteiger partial charge in [0.1, 0.15) is 24.6 Å². The summed E-state index contributed by atoms with van der Waals surface area (Å²) in [5.74, 6) is 0.333. The van der Waals surface area contributed by atoms with E-state index in [9.17, 15) is 9.59 Å². The molecule has 0 aliphatic rings. The summed E-state index contributed by atoms with van der Waals surface area (Å²) in [7, 11) is 0. The van der Waals surface area contributed by atoms with E-state index in [-0.39, 0.29) is 31.3 Å². The Labute approximate surface area is 118 Å². The highest BCUT2D eigenvalue weighted by Crippen LogP contribution is 1.50. The van der Waals surface area contributed by atoms with Gasteiger partial charge in [-0.2, -0.15) is 19.2 Å². The first-order chi connectivity index (χ1) is 8.71. The first-order valence-electron chi connectivity index (χ1n) is 4.33. The van der Waals surface area contributed by atoms with E-state index < -0.39 is 0 Å². The third-order valence-electron chi connectivity index (χ3n) is 0. The number of aldehydes is 1. The highest BCUT2D eigenvalue weighted by atomic mass is 16.2. The Bertz CT molecular complexity index is 227. The second-order valence-corrected chi connectivity index (χ2v) is 2.22. The maximum atomic E-state index is 9.44. The third kappa shape index (κ3) is 491. The van der Waals surface area contributed by atoms with Crippen molar-refractivity contribution in [3.63, 3.8) is 0 Å². The van der Waals surface area contributed by atoms with E-state index >= 15 is 0 Å². The molecule has 0 amide bonds. The van der Waals surface area contributed by atoms with Crippen molar-refractivity contribution < 1.29 is 38.4 Å². The molecular weight excluding hydrogens is 272 g/mol. The molecule has 0 aliphatic carbocycles. The Morgan fingerprint density at radius 1 is 0.800 bits per heavy atom. The number of hydrogen-bond acceptors (Lipinski definition) is 8. The number of Topliss-reactive ketones (excluding diaryl/α,β-unsaturated/α-hetero) is 2. The molecule has 118 valence electrons. The molecule has 0 N–H and O–H groups in total. The molecule has 8 heteroatoms. The molecule has 0 radical (unpaired) electrons. The van der Waals surface area contributed by atoms with Gasteiger partial charge in [0, 0.05) is 0 Å². The van der Waals surface area contributed by atoms with Crippen LogP contribution in [-0.4, -0.2) is 36.9 Å².